The van der Waals surface area contributed by atoms with Gasteiger partial charge in [-0.3, -0.25) is 4.79 Å². The minimum absolute atomic E-state index is 0.148. The molecule has 1 fully saturated rings. The zero-order valence-corrected chi connectivity index (χ0v) is 12.5. The van der Waals surface area contributed by atoms with Gasteiger partial charge in [0.15, 0.2) is 11.6 Å². The number of benzene rings is 1. The molecule has 1 aliphatic heterocycles. The summed E-state index contributed by atoms with van der Waals surface area (Å²) in [6, 6.07) is 9.33. The molecule has 0 radical (unpaired) electrons. The Hall–Kier alpha value is -2.74. The molecule has 0 bridgehead atoms. The van der Waals surface area contributed by atoms with Gasteiger partial charge < -0.3 is 14.1 Å². The quantitative estimate of drug-likeness (QED) is 0.706. The van der Waals surface area contributed by atoms with Crippen LogP contribution in [-0.2, 0) is 11.8 Å². The normalized spacial score (nSPS) is 18.5. The molecule has 2 aromatic heterocycles. The van der Waals surface area contributed by atoms with Crippen molar-refractivity contribution in [1.82, 2.24) is 25.1 Å². The number of aryl methyl sites for hydroxylation is 1. The van der Waals surface area contributed by atoms with Gasteiger partial charge in [-0.25, -0.2) is 4.68 Å². The molecular formula is C15H15N5O3. The van der Waals surface area contributed by atoms with Crippen molar-refractivity contribution < 1.29 is 13.9 Å². The van der Waals surface area contributed by atoms with Gasteiger partial charge in [0.05, 0.1) is 13.2 Å². The summed E-state index contributed by atoms with van der Waals surface area (Å²) in [5.41, 5.74) is 0.707. The number of hydrogen-bond donors (Lipinski definition) is 0. The highest BCUT2D eigenvalue weighted by molar-refractivity contribution is 5.96. The lowest BCUT2D eigenvalue weighted by molar-refractivity contribution is -0.0292. The Kier molecular flexibility index (Phi) is 3.30. The van der Waals surface area contributed by atoms with Crippen LogP contribution in [0.25, 0.3) is 11.0 Å². The van der Waals surface area contributed by atoms with E-state index in [-0.39, 0.29) is 12.0 Å². The fourth-order valence-electron chi connectivity index (χ4n) is 2.74. The summed E-state index contributed by atoms with van der Waals surface area (Å²) in [4.78, 5) is 14.4. The Balaban J connectivity index is 1.57. The highest BCUT2D eigenvalue weighted by atomic mass is 16.5. The Morgan fingerprint density at radius 3 is 3.00 bits per heavy atom. The SMILES string of the molecule is Cn1nnnc1C1CN(C(=O)c2cc3ccccc3o2)CCO1. The Morgan fingerprint density at radius 1 is 1.35 bits per heavy atom. The van der Waals surface area contributed by atoms with Crippen LogP contribution in [0.2, 0.25) is 0 Å². The molecule has 4 rings (SSSR count). The van der Waals surface area contributed by atoms with E-state index in [0.29, 0.717) is 36.9 Å². The molecule has 0 spiro atoms. The maximum absolute atomic E-state index is 12.7. The van der Waals surface area contributed by atoms with E-state index < -0.39 is 0 Å². The predicted molar refractivity (Wildman–Crippen MR) is 79.6 cm³/mol. The molecule has 1 aliphatic rings. The lowest BCUT2D eigenvalue weighted by Crippen LogP contribution is -2.42. The molecule has 1 aromatic carbocycles. The van der Waals surface area contributed by atoms with Gasteiger partial charge in [-0.2, -0.15) is 0 Å². The van der Waals surface area contributed by atoms with Crippen LogP contribution in [0.4, 0.5) is 0 Å². The van der Waals surface area contributed by atoms with E-state index in [0.717, 1.165) is 5.39 Å². The minimum atomic E-state index is -0.336. The van der Waals surface area contributed by atoms with E-state index in [1.165, 1.54) is 0 Å². The third kappa shape index (κ3) is 2.46. The molecule has 1 unspecified atom stereocenters. The van der Waals surface area contributed by atoms with Gasteiger partial charge in [0, 0.05) is 19.0 Å². The average Bonchev–Trinajstić information content (AvgIpc) is 3.20. The molecule has 118 valence electrons. The standard InChI is InChI=1S/C15H15N5O3/c1-19-14(16-17-18-19)13-9-20(6-7-22-13)15(21)12-8-10-4-2-3-5-11(10)23-12/h2-5,8,13H,6-7,9H2,1H3. The zero-order valence-electron chi connectivity index (χ0n) is 12.5. The van der Waals surface area contributed by atoms with Crippen LogP contribution in [0.5, 0.6) is 0 Å². The van der Waals surface area contributed by atoms with E-state index in [1.54, 1.807) is 22.7 Å². The number of hydrogen-bond acceptors (Lipinski definition) is 6. The first-order valence-electron chi connectivity index (χ1n) is 7.34. The lowest BCUT2D eigenvalue weighted by Gasteiger charge is -2.31. The number of morpholine rings is 1. The molecule has 0 saturated carbocycles. The molecule has 1 amide bonds. The fraction of sp³-hybridized carbons (Fsp3) is 0.333. The lowest BCUT2D eigenvalue weighted by atomic mass is 10.2. The summed E-state index contributed by atoms with van der Waals surface area (Å²) in [7, 11) is 1.75. The maximum Gasteiger partial charge on any atom is 0.289 e. The predicted octanol–water partition coefficient (Wildman–Crippen LogP) is 1.17. The number of nitrogens with zero attached hydrogens (tertiary/aromatic N) is 5. The van der Waals surface area contributed by atoms with Crippen LogP contribution in [0, 0.1) is 0 Å². The van der Waals surface area contributed by atoms with Gasteiger partial charge in [0.25, 0.3) is 5.91 Å². The molecular weight excluding hydrogens is 298 g/mol. The summed E-state index contributed by atoms with van der Waals surface area (Å²) < 4.78 is 12.9. The van der Waals surface area contributed by atoms with E-state index in [9.17, 15) is 4.79 Å². The van der Waals surface area contributed by atoms with Crippen molar-refractivity contribution in [1.29, 1.82) is 0 Å². The molecule has 8 heteroatoms. The van der Waals surface area contributed by atoms with E-state index >= 15 is 0 Å². The van der Waals surface area contributed by atoms with Crippen LogP contribution in [-0.4, -0.2) is 50.7 Å². The number of ether oxygens (including phenoxy) is 1. The number of carbonyl (C=O) groups is 1. The van der Waals surface area contributed by atoms with E-state index in [4.69, 9.17) is 9.15 Å². The largest absolute Gasteiger partial charge is 0.451 e. The third-order valence-electron chi connectivity index (χ3n) is 3.93. The molecule has 0 aliphatic carbocycles. The van der Waals surface area contributed by atoms with Crippen molar-refractivity contribution in [2.75, 3.05) is 19.7 Å². The highest BCUT2D eigenvalue weighted by Gasteiger charge is 2.30. The molecule has 3 aromatic rings. The number of para-hydroxylation sites is 1. The summed E-state index contributed by atoms with van der Waals surface area (Å²) in [5, 5.41) is 12.3. The highest BCUT2D eigenvalue weighted by Crippen LogP contribution is 2.24. The molecule has 1 saturated heterocycles. The number of carbonyl (C=O) groups excluding carboxylic acids is 1. The van der Waals surface area contributed by atoms with Gasteiger partial charge in [0.2, 0.25) is 0 Å². The first-order chi connectivity index (χ1) is 11.2. The first-order valence-corrected chi connectivity index (χ1v) is 7.34. The monoisotopic (exact) mass is 313 g/mol. The molecule has 3 heterocycles. The second-order valence-electron chi connectivity index (χ2n) is 5.42. The third-order valence-corrected chi connectivity index (χ3v) is 3.93. The van der Waals surface area contributed by atoms with Crippen molar-refractivity contribution >= 4 is 16.9 Å². The van der Waals surface area contributed by atoms with Crippen molar-refractivity contribution in [2.45, 2.75) is 6.10 Å². The number of tetrazole rings is 1. The van der Waals surface area contributed by atoms with Gasteiger partial charge in [-0.05, 0) is 22.6 Å². The summed E-state index contributed by atoms with van der Waals surface area (Å²) >= 11 is 0. The number of furan rings is 1. The molecule has 8 nitrogen and oxygen atoms in total. The number of amides is 1. The van der Waals surface area contributed by atoms with Gasteiger partial charge in [-0.1, -0.05) is 18.2 Å². The smallest absolute Gasteiger partial charge is 0.289 e. The Bertz CT molecular complexity index is 823. The summed E-state index contributed by atoms with van der Waals surface area (Å²) in [6.07, 6.45) is -0.336. The Labute approximate surface area is 131 Å². The van der Waals surface area contributed by atoms with Crippen LogP contribution in [0.3, 0.4) is 0 Å². The summed E-state index contributed by atoms with van der Waals surface area (Å²) in [5.74, 6) is 0.791. The topological polar surface area (TPSA) is 86.3 Å². The van der Waals surface area contributed by atoms with E-state index in [2.05, 4.69) is 15.5 Å². The fourth-order valence-corrected chi connectivity index (χ4v) is 2.74. The molecule has 0 N–H and O–H groups in total. The van der Waals surface area contributed by atoms with Crippen molar-refractivity contribution in [3.05, 3.63) is 41.9 Å². The van der Waals surface area contributed by atoms with Crippen molar-refractivity contribution in [2.24, 2.45) is 7.05 Å². The number of fused-ring (bicyclic) bond motifs is 1. The van der Waals surface area contributed by atoms with Crippen LogP contribution >= 0.6 is 0 Å². The van der Waals surface area contributed by atoms with Crippen molar-refractivity contribution in [3.8, 4) is 0 Å². The van der Waals surface area contributed by atoms with Gasteiger partial charge >= 0.3 is 0 Å². The second-order valence-corrected chi connectivity index (χ2v) is 5.42. The van der Waals surface area contributed by atoms with Crippen molar-refractivity contribution in [3.63, 3.8) is 0 Å². The molecule has 1 atom stereocenters. The minimum Gasteiger partial charge on any atom is -0.451 e. The Morgan fingerprint density at radius 2 is 2.22 bits per heavy atom. The second kappa shape index (κ2) is 5.47. The summed E-state index contributed by atoms with van der Waals surface area (Å²) in [6.45, 7) is 1.34. The van der Waals surface area contributed by atoms with Crippen LogP contribution < -0.4 is 0 Å². The van der Waals surface area contributed by atoms with Crippen LogP contribution in [0.15, 0.2) is 34.7 Å². The number of aromatic nitrogens is 4. The van der Waals surface area contributed by atoms with E-state index in [1.807, 2.05) is 24.3 Å². The molecule has 23 heavy (non-hydrogen) atoms. The first kappa shape index (κ1) is 13.9. The van der Waals surface area contributed by atoms with Gasteiger partial charge in [0.1, 0.15) is 11.7 Å². The average molecular weight is 313 g/mol. The zero-order chi connectivity index (χ0) is 15.8. The maximum atomic E-state index is 12.7. The van der Waals surface area contributed by atoms with Crippen LogP contribution in [0.1, 0.15) is 22.5 Å². The number of rotatable bonds is 2. The van der Waals surface area contributed by atoms with Gasteiger partial charge in [-0.15, -0.1) is 5.10 Å².